The number of rotatable bonds is 3. The number of halogens is 3. The first-order valence-corrected chi connectivity index (χ1v) is 7.26. The summed E-state index contributed by atoms with van der Waals surface area (Å²) in [6.07, 6.45) is 0. The van der Waals surface area contributed by atoms with Crippen molar-refractivity contribution in [2.75, 3.05) is 0 Å². The van der Waals surface area contributed by atoms with Crippen LogP contribution in [0, 0.1) is 6.92 Å². The van der Waals surface area contributed by atoms with E-state index in [-0.39, 0.29) is 0 Å². The molecule has 0 saturated carbocycles. The molecule has 0 radical (unpaired) electrons. The van der Waals surface area contributed by atoms with Gasteiger partial charge in [0.15, 0.2) is 0 Å². The standard InChI is InChI=1S/C14H11BrCl2O/c1-9-2-3-12(17)7-14(9)18-13-5-4-11(16)6-10(13)8-15/h2-7H,8H2,1H3. The molecule has 0 bridgehead atoms. The van der Waals surface area contributed by atoms with Crippen LogP contribution in [0.15, 0.2) is 36.4 Å². The lowest BCUT2D eigenvalue weighted by Crippen LogP contribution is -1.91. The maximum absolute atomic E-state index is 5.97. The van der Waals surface area contributed by atoms with Crippen molar-refractivity contribution in [2.45, 2.75) is 12.3 Å². The normalized spacial score (nSPS) is 10.4. The van der Waals surface area contributed by atoms with Gasteiger partial charge in [-0.1, -0.05) is 45.2 Å². The van der Waals surface area contributed by atoms with Gasteiger partial charge in [0.25, 0.3) is 0 Å². The van der Waals surface area contributed by atoms with Gasteiger partial charge >= 0.3 is 0 Å². The summed E-state index contributed by atoms with van der Waals surface area (Å²) in [6, 6.07) is 11.1. The molecule has 0 saturated heterocycles. The minimum absolute atomic E-state index is 0.657. The first-order chi connectivity index (χ1) is 8.60. The zero-order valence-electron chi connectivity index (χ0n) is 9.71. The molecule has 0 atom stereocenters. The predicted octanol–water partition coefficient (Wildman–Crippen LogP) is 5.99. The molecule has 0 aliphatic carbocycles. The third kappa shape index (κ3) is 3.19. The molecule has 0 aliphatic rings. The Hall–Kier alpha value is -0.700. The molecule has 0 aliphatic heterocycles. The fraction of sp³-hybridized carbons (Fsp3) is 0.143. The third-order valence-corrected chi connectivity index (χ3v) is 3.61. The lowest BCUT2D eigenvalue weighted by molar-refractivity contribution is 0.475. The highest BCUT2D eigenvalue weighted by Gasteiger charge is 2.07. The van der Waals surface area contributed by atoms with Gasteiger partial charge in [-0.3, -0.25) is 0 Å². The van der Waals surface area contributed by atoms with Crippen molar-refractivity contribution in [1.29, 1.82) is 0 Å². The summed E-state index contributed by atoms with van der Waals surface area (Å²) in [7, 11) is 0. The Labute approximate surface area is 125 Å². The zero-order chi connectivity index (χ0) is 13.1. The predicted molar refractivity (Wildman–Crippen MR) is 80.3 cm³/mol. The largest absolute Gasteiger partial charge is 0.457 e. The molecule has 0 heterocycles. The summed E-state index contributed by atoms with van der Waals surface area (Å²) >= 11 is 15.4. The van der Waals surface area contributed by atoms with Crippen LogP contribution in [0.5, 0.6) is 11.5 Å². The highest BCUT2D eigenvalue weighted by Crippen LogP contribution is 2.32. The molecule has 0 unspecified atom stereocenters. The summed E-state index contributed by atoms with van der Waals surface area (Å²) in [6.45, 7) is 1.98. The third-order valence-electron chi connectivity index (χ3n) is 2.54. The van der Waals surface area contributed by atoms with E-state index in [1.54, 1.807) is 0 Å². The van der Waals surface area contributed by atoms with Gasteiger partial charge in [-0.15, -0.1) is 0 Å². The maximum atomic E-state index is 5.97. The monoisotopic (exact) mass is 344 g/mol. The van der Waals surface area contributed by atoms with Crippen LogP contribution < -0.4 is 4.74 Å². The van der Waals surface area contributed by atoms with Crippen molar-refractivity contribution < 1.29 is 4.74 Å². The molecule has 0 aromatic heterocycles. The number of alkyl halides is 1. The highest BCUT2D eigenvalue weighted by molar-refractivity contribution is 9.08. The van der Waals surface area contributed by atoms with E-state index in [0.29, 0.717) is 15.4 Å². The molecular weight excluding hydrogens is 335 g/mol. The van der Waals surface area contributed by atoms with Gasteiger partial charge in [-0.2, -0.15) is 0 Å². The van der Waals surface area contributed by atoms with Crippen molar-refractivity contribution in [1.82, 2.24) is 0 Å². The van der Waals surface area contributed by atoms with Crippen LogP contribution in [0.4, 0.5) is 0 Å². The van der Waals surface area contributed by atoms with Gasteiger partial charge in [0.1, 0.15) is 11.5 Å². The van der Waals surface area contributed by atoms with Gasteiger partial charge in [0.2, 0.25) is 0 Å². The SMILES string of the molecule is Cc1ccc(Cl)cc1Oc1ccc(Cl)cc1CBr. The number of hydrogen-bond acceptors (Lipinski definition) is 1. The van der Waals surface area contributed by atoms with E-state index < -0.39 is 0 Å². The molecule has 0 amide bonds. The van der Waals surface area contributed by atoms with Crippen LogP contribution in [0.2, 0.25) is 10.0 Å². The lowest BCUT2D eigenvalue weighted by Gasteiger charge is -2.12. The van der Waals surface area contributed by atoms with Crippen LogP contribution in [0.25, 0.3) is 0 Å². The molecule has 2 aromatic carbocycles. The Morgan fingerprint density at radius 3 is 2.39 bits per heavy atom. The van der Waals surface area contributed by atoms with E-state index in [9.17, 15) is 0 Å². The molecule has 4 heteroatoms. The fourth-order valence-corrected chi connectivity index (χ4v) is 2.35. The number of ether oxygens (including phenoxy) is 1. The fourth-order valence-electron chi connectivity index (χ4n) is 1.55. The molecular formula is C14H11BrCl2O. The Bertz CT molecular complexity index is 570. The van der Waals surface area contributed by atoms with Crippen molar-refractivity contribution in [3.05, 3.63) is 57.6 Å². The van der Waals surface area contributed by atoms with E-state index in [4.69, 9.17) is 27.9 Å². The number of hydrogen-bond donors (Lipinski definition) is 0. The van der Waals surface area contributed by atoms with E-state index in [0.717, 1.165) is 22.6 Å². The molecule has 0 spiro atoms. The van der Waals surface area contributed by atoms with Gasteiger partial charge in [0, 0.05) is 20.9 Å². The first kappa shape index (κ1) is 13.7. The van der Waals surface area contributed by atoms with E-state index >= 15 is 0 Å². The van der Waals surface area contributed by atoms with Crippen molar-refractivity contribution in [3.63, 3.8) is 0 Å². The highest BCUT2D eigenvalue weighted by atomic mass is 79.9. The Balaban J connectivity index is 2.36. The second-order valence-electron chi connectivity index (χ2n) is 3.90. The quantitative estimate of drug-likeness (QED) is 0.621. The molecule has 2 rings (SSSR count). The van der Waals surface area contributed by atoms with Gasteiger partial charge in [0.05, 0.1) is 0 Å². The maximum Gasteiger partial charge on any atom is 0.131 e. The summed E-state index contributed by atoms with van der Waals surface area (Å²) < 4.78 is 5.89. The van der Waals surface area contributed by atoms with Crippen LogP contribution in [-0.4, -0.2) is 0 Å². The van der Waals surface area contributed by atoms with E-state index in [2.05, 4.69) is 15.9 Å². The zero-order valence-corrected chi connectivity index (χ0v) is 12.8. The van der Waals surface area contributed by atoms with Crippen LogP contribution in [0.1, 0.15) is 11.1 Å². The van der Waals surface area contributed by atoms with Crippen molar-refractivity contribution in [2.24, 2.45) is 0 Å². The average molecular weight is 346 g/mol. The Morgan fingerprint density at radius 2 is 1.67 bits per heavy atom. The van der Waals surface area contributed by atoms with E-state index in [1.807, 2.05) is 43.3 Å². The van der Waals surface area contributed by atoms with Crippen LogP contribution >= 0.6 is 39.1 Å². The molecule has 94 valence electrons. The second kappa shape index (κ2) is 5.96. The molecule has 18 heavy (non-hydrogen) atoms. The second-order valence-corrected chi connectivity index (χ2v) is 5.33. The van der Waals surface area contributed by atoms with Crippen molar-refractivity contribution >= 4 is 39.1 Å². The minimum atomic E-state index is 0.657. The lowest BCUT2D eigenvalue weighted by atomic mass is 10.2. The van der Waals surface area contributed by atoms with Crippen LogP contribution in [-0.2, 0) is 5.33 Å². The topological polar surface area (TPSA) is 9.23 Å². The summed E-state index contributed by atoms with van der Waals surface area (Å²) in [5, 5.41) is 2.03. The molecule has 1 nitrogen and oxygen atoms in total. The van der Waals surface area contributed by atoms with Crippen LogP contribution in [0.3, 0.4) is 0 Å². The van der Waals surface area contributed by atoms with E-state index in [1.165, 1.54) is 0 Å². The van der Waals surface area contributed by atoms with Crippen molar-refractivity contribution in [3.8, 4) is 11.5 Å². The molecule has 2 aromatic rings. The minimum Gasteiger partial charge on any atom is -0.457 e. The summed E-state index contributed by atoms with van der Waals surface area (Å²) in [5.41, 5.74) is 2.04. The van der Waals surface area contributed by atoms with Gasteiger partial charge in [-0.25, -0.2) is 0 Å². The van der Waals surface area contributed by atoms with Gasteiger partial charge < -0.3 is 4.74 Å². The average Bonchev–Trinajstić information content (AvgIpc) is 2.36. The smallest absolute Gasteiger partial charge is 0.131 e. The first-order valence-electron chi connectivity index (χ1n) is 5.38. The molecule has 0 fully saturated rings. The Morgan fingerprint density at radius 1 is 1.00 bits per heavy atom. The van der Waals surface area contributed by atoms with Gasteiger partial charge in [-0.05, 0) is 42.8 Å². The number of benzene rings is 2. The summed E-state index contributed by atoms with van der Waals surface area (Å²) in [5.74, 6) is 1.54. The number of aryl methyl sites for hydroxylation is 1. The molecule has 0 N–H and O–H groups in total. The Kier molecular flexibility index (Phi) is 4.55. The summed E-state index contributed by atoms with van der Waals surface area (Å²) in [4.78, 5) is 0.